The lowest BCUT2D eigenvalue weighted by atomic mass is 9.88. The van der Waals surface area contributed by atoms with Crippen LogP contribution in [0.5, 0.6) is 0 Å². The van der Waals surface area contributed by atoms with Gasteiger partial charge in [-0.05, 0) is 95.3 Å². The lowest BCUT2D eigenvalue weighted by Crippen LogP contribution is -2.30. The third kappa shape index (κ3) is 9.00. The number of halogens is 3. The Kier molecular flexibility index (Phi) is 11.1. The van der Waals surface area contributed by atoms with Crippen molar-refractivity contribution in [3.05, 3.63) is 137 Å². The molecule has 0 bridgehead atoms. The van der Waals surface area contributed by atoms with Gasteiger partial charge in [0.05, 0.1) is 17.9 Å². The molecule has 9 heteroatoms. The second-order valence-corrected chi connectivity index (χ2v) is 11.9. The summed E-state index contributed by atoms with van der Waals surface area (Å²) < 4.78 is 40.3. The minimum Gasteiger partial charge on any atom is -0.481 e. The molecule has 1 unspecified atom stereocenters. The predicted octanol–water partition coefficient (Wildman–Crippen LogP) is 8.18. The molecule has 6 nitrogen and oxygen atoms in total. The Morgan fingerprint density at radius 1 is 0.812 bits per heavy atom. The fraction of sp³-hybridized carbons (Fsp3) is 0.256. The maximum atomic E-state index is 13.9. The van der Waals surface area contributed by atoms with Gasteiger partial charge in [0.15, 0.2) is 0 Å². The second-order valence-electron chi connectivity index (χ2n) is 11.9. The van der Waals surface area contributed by atoms with Gasteiger partial charge in [0, 0.05) is 18.7 Å². The molecule has 0 aromatic heterocycles. The van der Waals surface area contributed by atoms with Crippen molar-refractivity contribution in [1.82, 2.24) is 10.6 Å². The lowest BCUT2D eigenvalue weighted by Gasteiger charge is -2.20. The Hall–Kier alpha value is -5.18. The van der Waals surface area contributed by atoms with Crippen molar-refractivity contribution in [2.75, 3.05) is 6.54 Å². The number of rotatable bonds is 12. The van der Waals surface area contributed by atoms with E-state index in [4.69, 9.17) is 5.11 Å². The molecular formula is C39H37F3N2O4. The van der Waals surface area contributed by atoms with Crippen molar-refractivity contribution in [1.29, 1.82) is 0 Å². The van der Waals surface area contributed by atoms with E-state index < -0.39 is 23.6 Å². The van der Waals surface area contributed by atoms with E-state index in [9.17, 15) is 27.6 Å². The van der Waals surface area contributed by atoms with Crippen LogP contribution in [0, 0.1) is 0 Å². The molecule has 2 amide bonds. The number of amides is 2. The van der Waals surface area contributed by atoms with Crippen molar-refractivity contribution in [3.63, 3.8) is 0 Å². The van der Waals surface area contributed by atoms with E-state index in [1.165, 1.54) is 18.1 Å². The number of carbonyl (C=O) groups excluding carboxylic acids is 2. The first-order chi connectivity index (χ1) is 23.1. The third-order valence-electron chi connectivity index (χ3n) is 8.54. The highest BCUT2D eigenvalue weighted by atomic mass is 19.4. The molecule has 1 atom stereocenters. The number of hydrogen-bond donors (Lipinski definition) is 3. The zero-order valence-corrected chi connectivity index (χ0v) is 26.4. The fourth-order valence-electron chi connectivity index (χ4n) is 5.93. The summed E-state index contributed by atoms with van der Waals surface area (Å²) in [6.07, 6.45) is 2.35. The number of carbonyl (C=O) groups is 3. The van der Waals surface area contributed by atoms with Gasteiger partial charge in [-0.15, -0.1) is 0 Å². The van der Waals surface area contributed by atoms with Crippen LogP contribution in [0.25, 0.3) is 16.7 Å². The minimum absolute atomic E-state index is 0.0158. The van der Waals surface area contributed by atoms with Crippen LogP contribution in [0.3, 0.4) is 0 Å². The van der Waals surface area contributed by atoms with Gasteiger partial charge in [-0.1, -0.05) is 78.9 Å². The van der Waals surface area contributed by atoms with E-state index in [-0.39, 0.29) is 31.3 Å². The van der Waals surface area contributed by atoms with Gasteiger partial charge >= 0.3 is 12.1 Å². The van der Waals surface area contributed by atoms with Crippen LogP contribution in [0.1, 0.15) is 76.2 Å². The zero-order valence-electron chi connectivity index (χ0n) is 26.4. The molecule has 0 saturated heterocycles. The summed E-state index contributed by atoms with van der Waals surface area (Å²) in [7, 11) is 0. The third-order valence-corrected chi connectivity index (χ3v) is 8.54. The van der Waals surface area contributed by atoms with Crippen molar-refractivity contribution in [3.8, 4) is 11.1 Å². The monoisotopic (exact) mass is 654 g/mol. The minimum atomic E-state index is -4.47. The van der Waals surface area contributed by atoms with Gasteiger partial charge in [-0.25, -0.2) is 0 Å². The molecule has 0 fully saturated rings. The van der Waals surface area contributed by atoms with Crippen LogP contribution in [-0.2, 0) is 28.7 Å². The number of nitrogens with one attached hydrogen (secondary N) is 2. The molecule has 0 radical (unpaired) electrons. The highest BCUT2D eigenvalue weighted by Crippen LogP contribution is 2.34. The Balaban J connectivity index is 1.36. The van der Waals surface area contributed by atoms with Crippen molar-refractivity contribution >= 4 is 23.4 Å². The summed E-state index contributed by atoms with van der Waals surface area (Å²) in [5.41, 5.74) is 5.39. The maximum Gasteiger partial charge on any atom is 0.416 e. The molecule has 0 saturated carbocycles. The molecule has 0 heterocycles. The number of aliphatic carboxylic acids is 1. The average Bonchev–Trinajstić information content (AvgIpc) is 3.10. The Bertz CT molecular complexity index is 1780. The zero-order chi connectivity index (χ0) is 34.1. The van der Waals surface area contributed by atoms with Gasteiger partial charge in [0.2, 0.25) is 5.91 Å². The molecule has 48 heavy (non-hydrogen) atoms. The molecule has 3 N–H and O–H groups in total. The standard InChI is InChI=1S/C39H37F3N2O4/c40-39(41,42)33-11-6-10-31(24-33)34-12-5-4-9-32(34)25-44-38(48)35(29-19-17-28(18-20-29)27-7-2-1-3-8-27)23-26-13-15-30(16-14-26)37(47)43-22-21-36(45)46/h4-7,9-20,24,35H,1-3,8,21-23,25H2,(H,43,47)(H,44,48)(H,45,46). The van der Waals surface area contributed by atoms with Crippen molar-refractivity contribution in [2.45, 2.75) is 57.2 Å². The number of alkyl halides is 3. The fourth-order valence-corrected chi connectivity index (χ4v) is 5.93. The Morgan fingerprint density at radius 3 is 2.25 bits per heavy atom. The molecular weight excluding hydrogens is 617 g/mol. The topological polar surface area (TPSA) is 95.5 Å². The first-order valence-electron chi connectivity index (χ1n) is 16.0. The Labute approximate surface area is 277 Å². The number of allylic oxidation sites excluding steroid dienone is 2. The maximum absolute atomic E-state index is 13.9. The van der Waals surface area contributed by atoms with E-state index in [0.717, 1.165) is 48.1 Å². The molecule has 248 valence electrons. The van der Waals surface area contributed by atoms with E-state index in [2.05, 4.69) is 16.7 Å². The number of carboxylic acids is 1. The van der Waals surface area contributed by atoms with Crippen LogP contribution >= 0.6 is 0 Å². The average molecular weight is 655 g/mol. The largest absolute Gasteiger partial charge is 0.481 e. The van der Waals surface area contributed by atoms with Crippen LogP contribution in [0.15, 0.2) is 103 Å². The van der Waals surface area contributed by atoms with Crippen LogP contribution in [-0.4, -0.2) is 29.4 Å². The molecule has 4 aromatic rings. The normalized spacial score (nSPS) is 13.7. The number of carboxylic acid groups (broad SMARTS) is 1. The highest BCUT2D eigenvalue weighted by Gasteiger charge is 2.30. The molecule has 5 rings (SSSR count). The van der Waals surface area contributed by atoms with E-state index in [1.54, 1.807) is 54.6 Å². The summed E-state index contributed by atoms with van der Waals surface area (Å²) in [6, 6.07) is 27.1. The van der Waals surface area contributed by atoms with Crippen LogP contribution in [0.2, 0.25) is 0 Å². The first kappa shape index (κ1) is 34.2. The highest BCUT2D eigenvalue weighted by molar-refractivity contribution is 5.94. The summed E-state index contributed by atoms with van der Waals surface area (Å²) in [4.78, 5) is 37.1. The first-order valence-corrected chi connectivity index (χ1v) is 16.0. The summed E-state index contributed by atoms with van der Waals surface area (Å²) >= 11 is 0. The van der Waals surface area contributed by atoms with Crippen molar-refractivity contribution in [2.24, 2.45) is 0 Å². The van der Waals surface area contributed by atoms with Gasteiger partial charge in [0.1, 0.15) is 0 Å². The second kappa shape index (κ2) is 15.6. The lowest BCUT2D eigenvalue weighted by molar-refractivity contribution is -0.138. The van der Waals surface area contributed by atoms with Crippen LogP contribution < -0.4 is 10.6 Å². The van der Waals surface area contributed by atoms with Crippen LogP contribution in [0.4, 0.5) is 13.2 Å². The smallest absolute Gasteiger partial charge is 0.416 e. The van der Waals surface area contributed by atoms with E-state index in [0.29, 0.717) is 28.7 Å². The SMILES string of the molecule is O=C(O)CCNC(=O)c1ccc(CC(C(=O)NCc2ccccc2-c2cccc(C(F)(F)F)c2)c2ccc(C3=CCCCC3)cc2)cc1. The Morgan fingerprint density at radius 2 is 1.56 bits per heavy atom. The summed E-state index contributed by atoms with van der Waals surface area (Å²) in [5.74, 6) is -2.22. The van der Waals surface area contributed by atoms with Gasteiger partial charge in [-0.3, -0.25) is 14.4 Å². The quantitative estimate of drug-likeness (QED) is 0.144. The molecule has 1 aliphatic rings. The molecule has 1 aliphatic carbocycles. The van der Waals surface area contributed by atoms with E-state index >= 15 is 0 Å². The molecule has 0 aliphatic heterocycles. The van der Waals surface area contributed by atoms with Gasteiger partial charge in [-0.2, -0.15) is 13.2 Å². The summed E-state index contributed by atoms with van der Waals surface area (Å²) in [5, 5.41) is 14.4. The number of benzene rings is 4. The summed E-state index contributed by atoms with van der Waals surface area (Å²) in [6.45, 7) is 0.129. The van der Waals surface area contributed by atoms with Gasteiger partial charge < -0.3 is 15.7 Å². The van der Waals surface area contributed by atoms with E-state index in [1.807, 2.05) is 24.3 Å². The van der Waals surface area contributed by atoms with Crippen molar-refractivity contribution < 1.29 is 32.7 Å². The predicted molar refractivity (Wildman–Crippen MR) is 179 cm³/mol. The molecule has 0 spiro atoms. The van der Waals surface area contributed by atoms with Gasteiger partial charge in [0.25, 0.3) is 5.91 Å². The number of hydrogen-bond acceptors (Lipinski definition) is 3. The molecule has 4 aromatic carbocycles.